The second-order valence-corrected chi connectivity index (χ2v) is 7.09. The Balaban J connectivity index is 1.99. The van der Waals surface area contributed by atoms with Crippen molar-refractivity contribution in [3.63, 3.8) is 0 Å². The Morgan fingerprint density at radius 1 is 1.27 bits per heavy atom. The molecule has 4 heteroatoms. The van der Waals surface area contributed by atoms with Gasteiger partial charge in [-0.3, -0.25) is 0 Å². The fourth-order valence-corrected chi connectivity index (χ4v) is 2.73. The van der Waals surface area contributed by atoms with Crippen LogP contribution in [0.3, 0.4) is 0 Å². The molecule has 128 valence electrons. The van der Waals surface area contributed by atoms with Gasteiger partial charge in [0.2, 0.25) is 0 Å². The second-order valence-electron chi connectivity index (χ2n) is 7.09. The molecule has 1 rings (SSSR count). The second kappa shape index (κ2) is 10.0. The number of nitrogens with one attached hydrogen (secondary N) is 1. The van der Waals surface area contributed by atoms with Gasteiger partial charge < -0.3 is 15.0 Å². The van der Waals surface area contributed by atoms with Gasteiger partial charge in [-0.15, -0.1) is 0 Å². The molecule has 22 heavy (non-hydrogen) atoms. The Kier molecular flexibility index (Phi) is 8.72. The quantitative estimate of drug-likeness (QED) is 0.582. The van der Waals surface area contributed by atoms with Gasteiger partial charge in [0.25, 0.3) is 0 Å². The maximum absolute atomic E-state index is 9.70. The van der Waals surface area contributed by atoms with Gasteiger partial charge in [0.1, 0.15) is 5.82 Å². The number of aliphatic hydroxyl groups is 1. The highest BCUT2D eigenvalue weighted by atomic mass is 16.3. The topological polar surface area (TPSA) is 50.1 Å². The summed E-state index contributed by atoms with van der Waals surface area (Å²) in [5.74, 6) is 1.91. The van der Waals surface area contributed by atoms with Gasteiger partial charge >= 0.3 is 0 Å². The van der Waals surface area contributed by atoms with E-state index in [2.05, 4.69) is 34.9 Å². The molecule has 0 aliphatic rings. The van der Waals surface area contributed by atoms with Crippen LogP contribution >= 0.6 is 0 Å². The minimum absolute atomic E-state index is 0.511. The van der Waals surface area contributed by atoms with Gasteiger partial charge in [0.05, 0.1) is 5.60 Å². The lowest BCUT2D eigenvalue weighted by Gasteiger charge is -2.18. The van der Waals surface area contributed by atoms with Crippen molar-refractivity contribution in [2.24, 2.45) is 5.92 Å². The molecular weight excluding hydrogens is 274 g/mol. The van der Waals surface area contributed by atoms with Gasteiger partial charge in [-0.05, 0) is 52.1 Å². The van der Waals surface area contributed by atoms with Crippen LogP contribution in [0.1, 0.15) is 65.6 Å². The number of nitrogens with zero attached hydrogens (tertiary/aromatic N) is 2. The summed E-state index contributed by atoms with van der Waals surface area (Å²) in [4.78, 5) is 4.34. The smallest absolute Gasteiger partial charge is 0.108 e. The predicted octanol–water partition coefficient (Wildman–Crippen LogP) is 3.39. The lowest BCUT2D eigenvalue weighted by Crippen LogP contribution is -2.21. The molecule has 1 aromatic rings. The molecule has 0 amide bonds. The van der Waals surface area contributed by atoms with E-state index in [4.69, 9.17) is 0 Å². The van der Waals surface area contributed by atoms with Gasteiger partial charge in [0, 0.05) is 25.4 Å². The summed E-state index contributed by atoms with van der Waals surface area (Å²) in [5, 5.41) is 13.2. The molecule has 0 aliphatic carbocycles. The average Bonchev–Trinajstić information content (AvgIpc) is 2.88. The van der Waals surface area contributed by atoms with Crippen molar-refractivity contribution >= 4 is 0 Å². The lowest BCUT2D eigenvalue weighted by atomic mass is 9.95. The monoisotopic (exact) mass is 309 g/mol. The van der Waals surface area contributed by atoms with Crippen molar-refractivity contribution in [2.75, 3.05) is 13.1 Å². The summed E-state index contributed by atoms with van der Waals surface area (Å²) < 4.78 is 2.25. The van der Waals surface area contributed by atoms with E-state index in [0.717, 1.165) is 51.2 Å². The predicted molar refractivity (Wildman–Crippen MR) is 93.0 cm³/mol. The zero-order valence-corrected chi connectivity index (χ0v) is 14.9. The molecular formula is C18H35N3O. The highest BCUT2D eigenvalue weighted by molar-refractivity contribution is 4.91. The zero-order chi connectivity index (χ0) is 16.4. The molecule has 0 fully saturated rings. The zero-order valence-electron chi connectivity index (χ0n) is 14.9. The molecule has 0 saturated heterocycles. The van der Waals surface area contributed by atoms with Crippen molar-refractivity contribution < 1.29 is 5.11 Å². The number of imidazole rings is 1. The summed E-state index contributed by atoms with van der Waals surface area (Å²) in [7, 11) is 0. The Hall–Kier alpha value is -0.870. The first kappa shape index (κ1) is 19.2. The number of hydrogen-bond acceptors (Lipinski definition) is 3. The van der Waals surface area contributed by atoms with Crippen LogP contribution in [-0.4, -0.2) is 33.3 Å². The first-order valence-electron chi connectivity index (χ1n) is 8.85. The fraction of sp³-hybridized carbons (Fsp3) is 0.833. The van der Waals surface area contributed by atoms with Crippen LogP contribution in [0, 0.1) is 5.92 Å². The van der Waals surface area contributed by atoms with E-state index in [1.54, 1.807) is 0 Å². The Bertz CT molecular complexity index is 395. The van der Waals surface area contributed by atoms with E-state index >= 15 is 0 Å². The van der Waals surface area contributed by atoms with E-state index in [0.29, 0.717) is 0 Å². The molecule has 0 saturated carbocycles. The first-order chi connectivity index (χ1) is 10.4. The van der Waals surface area contributed by atoms with Gasteiger partial charge in [-0.1, -0.05) is 26.7 Å². The van der Waals surface area contributed by atoms with Crippen LogP contribution < -0.4 is 5.32 Å². The van der Waals surface area contributed by atoms with E-state index in [1.807, 2.05) is 20.0 Å². The third kappa shape index (κ3) is 8.54. The van der Waals surface area contributed by atoms with E-state index in [-0.39, 0.29) is 0 Å². The highest BCUT2D eigenvalue weighted by Crippen LogP contribution is 2.17. The minimum Gasteiger partial charge on any atom is -0.390 e. The van der Waals surface area contributed by atoms with Crippen molar-refractivity contribution in [3.05, 3.63) is 18.2 Å². The number of aryl methyl sites for hydroxylation is 2. The maximum Gasteiger partial charge on any atom is 0.108 e. The number of rotatable bonds is 12. The van der Waals surface area contributed by atoms with E-state index in [1.165, 1.54) is 18.7 Å². The molecule has 1 aromatic heterocycles. The summed E-state index contributed by atoms with van der Waals surface area (Å²) >= 11 is 0. The molecule has 0 spiro atoms. The minimum atomic E-state index is -0.511. The Labute approximate surface area is 136 Å². The lowest BCUT2D eigenvalue weighted by molar-refractivity contribution is 0.0669. The molecule has 1 heterocycles. The summed E-state index contributed by atoms with van der Waals surface area (Å²) in [6.45, 7) is 11.5. The first-order valence-corrected chi connectivity index (χ1v) is 8.85. The molecule has 2 N–H and O–H groups in total. The van der Waals surface area contributed by atoms with E-state index < -0.39 is 5.60 Å². The van der Waals surface area contributed by atoms with Crippen LogP contribution in [0.15, 0.2) is 12.4 Å². The van der Waals surface area contributed by atoms with Crippen molar-refractivity contribution in [1.29, 1.82) is 0 Å². The molecule has 1 atom stereocenters. The SMILES string of the molecule is CCc1nccn1CCCNCCC(C)CCCC(C)(C)O. The third-order valence-electron chi connectivity index (χ3n) is 4.17. The normalized spacial score (nSPS) is 13.5. The van der Waals surface area contributed by atoms with Crippen molar-refractivity contribution in [1.82, 2.24) is 14.9 Å². The Morgan fingerprint density at radius 2 is 2.05 bits per heavy atom. The molecule has 0 aromatic carbocycles. The Morgan fingerprint density at radius 3 is 2.73 bits per heavy atom. The molecule has 0 bridgehead atoms. The third-order valence-corrected chi connectivity index (χ3v) is 4.17. The maximum atomic E-state index is 9.70. The number of hydrogen-bond donors (Lipinski definition) is 2. The molecule has 0 radical (unpaired) electrons. The summed E-state index contributed by atoms with van der Waals surface area (Å²) in [5.41, 5.74) is -0.511. The fourth-order valence-electron chi connectivity index (χ4n) is 2.73. The van der Waals surface area contributed by atoms with Crippen LogP contribution in [-0.2, 0) is 13.0 Å². The van der Waals surface area contributed by atoms with E-state index in [9.17, 15) is 5.11 Å². The van der Waals surface area contributed by atoms with Crippen molar-refractivity contribution in [2.45, 2.75) is 78.4 Å². The van der Waals surface area contributed by atoms with Crippen LogP contribution in [0.2, 0.25) is 0 Å². The average molecular weight is 309 g/mol. The van der Waals surface area contributed by atoms with Crippen LogP contribution in [0.5, 0.6) is 0 Å². The molecule has 1 unspecified atom stereocenters. The van der Waals surface area contributed by atoms with Crippen LogP contribution in [0.4, 0.5) is 0 Å². The summed E-state index contributed by atoms with van der Waals surface area (Å²) in [6, 6.07) is 0. The standard InChI is InChI=1S/C18H35N3O/c1-5-17-20-13-15-21(17)14-7-11-19-12-9-16(2)8-6-10-18(3,4)22/h13,15-16,19,22H,5-12,14H2,1-4H3. The summed E-state index contributed by atoms with van der Waals surface area (Å²) in [6.07, 6.45) is 10.6. The largest absolute Gasteiger partial charge is 0.390 e. The molecule has 0 aliphatic heterocycles. The van der Waals surface area contributed by atoms with Crippen LogP contribution in [0.25, 0.3) is 0 Å². The van der Waals surface area contributed by atoms with Gasteiger partial charge in [-0.2, -0.15) is 0 Å². The van der Waals surface area contributed by atoms with Gasteiger partial charge in [-0.25, -0.2) is 4.98 Å². The van der Waals surface area contributed by atoms with Crippen molar-refractivity contribution in [3.8, 4) is 0 Å². The highest BCUT2D eigenvalue weighted by Gasteiger charge is 2.12. The van der Waals surface area contributed by atoms with Gasteiger partial charge in [0.15, 0.2) is 0 Å². The number of aromatic nitrogens is 2. The molecule has 4 nitrogen and oxygen atoms in total.